The van der Waals surface area contributed by atoms with Crippen molar-refractivity contribution in [2.45, 2.75) is 19.0 Å². The number of nitrogens with two attached hydrogens (primary N) is 1. The number of hydrogen-bond donors (Lipinski definition) is 3. The van der Waals surface area contributed by atoms with Gasteiger partial charge < -0.3 is 16.2 Å². The Morgan fingerprint density at radius 1 is 1.42 bits per heavy atom. The summed E-state index contributed by atoms with van der Waals surface area (Å²) >= 11 is 0. The van der Waals surface area contributed by atoms with E-state index >= 15 is 0 Å². The lowest BCUT2D eigenvalue weighted by Gasteiger charge is -2.23. The van der Waals surface area contributed by atoms with Crippen LogP contribution in [0, 0.1) is 5.92 Å². The predicted molar refractivity (Wildman–Crippen MR) is 73.8 cm³/mol. The molecule has 104 valence electrons. The van der Waals surface area contributed by atoms with E-state index in [1.807, 2.05) is 18.2 Å². The van der Waals surface area contributed by atoms with Crippen molar-refractivity contribution in [3.8, 4) is 0 Å². The number of amides is 1. The summed E-state index contributed by atoms with van der Waals surface area (Å²) < 4.78 is 0. The van der Waals surface area contributed by atoms with Crippen LogP contribution in [0.15, 0.2) is 30.3 Å². The van der Waals surface area contributed by atoms with Crippen LogP contribution in [0.2, 0.25) is 0 Å². The van der Waals surface area contributed by atoms with Gasteiger partial charge in [-0.1, -0.05) is 30.3 Å². The third-order valence-electron chi connectivity index (χ3n) is 3.66. The van der Waals surface area contributed by atoms with E-state index in [4.69, 9.17) is 10.8 Å². The number of rotatable bonds is 5. The lowest BCUT2D eigenvalue weighted by Crippen LogP contribution is -2.35. The molecular weight excluding hydrogens is 242 g/mol. The van der Waals surface area contributed by atoms with Gasteiger partial charge in [-0.25, -0.2) is 4.79 Å². The number of hydrogen-bond acceptors (Lipinski definition) is 3. The van der Waals surface area contributed by atoms with Gasteiger partial charge in [-0.05, 0) is 17.9 Å². The molecule has 0 aliphatic carbocycles. The van der Waals surface area contributed by atoms with Crippen molar-refractivity contribution >= 4 is 6.09 Å². The van der Waals surface area contributed by atoms with Gasteiger partial charge in [0, 0.05) is 32.2 Å². The van der Waals surface area contributed by atoms with Crippen molar-refractivity contribution in [1.29, 1.82) is 0 Å². The van der Waals surface area contributed by atoms with Crippen LogP contribution in [-0.4, -0.2) is 41.8 Å². The fourth-order valence-electron chi connectivity index (χ4n) is 2.73. The minimum atomic E-state index is -0.953. The summed E-state index contributed by atoms with van der Waals surface area (Å²) in [5.41, 5.74) is 7.09. The fourth-order valence-corrected chi connectivity index (χ4v) is 2.73. The molecular formula is C14H21N3O2. The van der Waals surface area contributed by atoms with E-state index in [-0.39, 0.29) is 0 Å². The first-order valence-corrected chi connectivity index (χ1v) is 6.64. The van der Waals surface area contributed by atoms with E-state index in [9.17, 15) is 4.79 Å². The number of likely N-dealkylation sites (tertiary alicyclic amines) is 1. The second-order valence-electron chi connectivity index (χ2n) is 5.09. The zero-order valence-electron chi connectivity index (χ0n) is 11.0. The topological polar surface area (TPSA) is 78.6 Å². The molecule has 1 aromatic carbocycles. The monoisotopic (exact) mass is 263 g/mol. The first-order valence-electron chi connectivity index (χ1n) is 6.64. The Bertz CT molecular complexity index is 410. The maximum Gasteiger partial charge on any atom is 0.404 e. The molecule has 1 fully saturated rings. The highest BCUT2D eigenvalue weighted by molar-refractivity contribution is 5.64. The average Bonchev–Trinajstić information content (AvgIpc) is 2.80. The first kappa shape index (κ1) is 13.8. The second-order valence-corrected chi connectivity index (χ2v) is 5.09. The van der Waals surface area contributed by atoms with Crippen LogP contribution in [0.25, 0.3) is 0 Å². The Morgan fingerprint density at radius 2 is 2.16 bits per heavy atom. The smallest absolute Gasteiger partial charge is 0.404 e. The minimum Gasteiger partial charge on any atom is -0.465 e. The average molecular weight is 263 g/mol. The third-order valence-corrected chi connectivity index (χ3v) is 3.66. The van der Waals surface area contributed by atoms with Gasteiger partial charge in [0.1, 0.15) is 0 Å². The Hall–Kier alpha value is -1.59. The molecule has 1 saturated heterocycles. The largest absolute Gasteiger partial charge is 0.465 e. The van der Waals surface area contributed by atoms with Gasteiger partial charge in [0.05, 0.1) is 0 Å². The summed E-state index contributed by atoms with van der Waals surface area (Å²) in [7, 11) is 0. The highest BCUT2D eigenvalue weighted by Gasteiger charge is 2.30. The standard InChI is InChI=1S/C14H21N3O2/c15-7-13-6-12(8-16-14(18)19)10-17(13)9-11-4-2-1-3-5-11/h1-5,12-13,16H,6-10,15H2,(H,18,19)/t12-,13+/m0/s1. The Labute approximate surface area is 113 Å². The quantitative estimate of drug-likeness (QED) is 0.743. The van der Waals surface area contributed by atoms with E-state index in [1.54, 1.807) is 0 Å². The molecule has 4 N–H and O–H groups in total. The molecule has 5 heteroatoms. The SMILES string of the molecule is NC[C@H]1C[C@@H](CNC(=O)O)CN1Cc1ccccc1. The van der Waals surface area contributed by atoms with Gasteiger partial charge in [-0.2, -0.15) is 0 Å². The Kier molecular flexibility index (Phi) is 4.76. The molecule has 0 spiro atoms. The minimum absolute atomic E-state index is 0.348. The van der Waals surface area contributed by atoms with E-state index < -0.39 is 6.09 Å². The molecule has 1 amide bonds. The Balaban J connectivity index is 1.91. The molecule has 19 heavy (non-hydrogen) atoms. The first-order chi connectivity index (χ1) is 9.19. The predicted octanol–water partition coefficient (Wildman–Crippen LogP) is 1.10. The highest BCUT2D eigenvalue weighted by Crippen LogP contribution is 2.24. The van der Waals surface area contributed by atoms with Crippen molar-refractivity contribution in [2.75, 3.05) is 19.6 Å². The maximum atomic E-state index is 10.5. The van der Waals surface area contributed by atoms with Gasteiger partial charge >= 0.3 is 6.09 Å². The van der Waals surface area contributed by atoms with Crippen molar-refractivity contribution in [3.05, 3.63) is 35.9 Å². The number of carbonyl (C=O) groups is 1. The Morgan fingerprint density at radius 3 is 2.79 bits per heavy atom. The molecule has 2 atom stereocenters. The van der Waals surface area contributed by atoms with Crippen molar-refractivity contribution < 1.29 is 9.90 Å². The summed E-state index contributed by atoms with van der Waals surface area (Å²) in [6, 6.07) is 10.6. The third kappa shape index (κ3) is 3.94. The van der Waals surface area contributed by atoms with Crippen LogP contribution < -0.4 is 11.1 Å². The fraction of sp³-hybridized carbons (Fsp3) is 0.500. The molecule has 1 aromatic rings. The summed E-state index contributed by atoms with van der Waals surface area (Å²) in [6.45, 7) is 2.91. The number of nitrogens with one attached hydrogen (secondary N) is 1. The number of benzene rings is 1. The van der Waals surface area contributed by atoms with E-state index in [0.29, 0.717) is 25.0 Å². The molecule has 0 radical (unpaired) electrons. The summed E-state index contributed by atoms with van der Waals surface area (Å²) in [4.78, 5) is 12.9. The highest BCUT2D eigenvalue weighted by atomic mass is 16.4. The van der Waals surface area contributed by atoms with Crippen molar-refractivity contribution in [1.82, 2.24) is 10.2 Å². The van der Waals surface area contributed by atoms with E-state index in [2.05, 4.69) is 22.3 Å². The normalized spacial score (nSPS) is 23.4. The molecule has 0 aromatic heterocycles. The number of nitrogens with zero attached hydrogens (tertiary/aromatic N) is 1. The van der Waals surface area contributed by atoms with Crippen molar-refractivity contribution in [2.24, 2.45) is 11.7 Å². The van der Waals surface area contributed by atoms with E-state index in [0.717, 1.165) is 19.5 Å². The summed E-state index contributed by atoms with van der Waals surface area (Å²) in [5, 5.41) is 11.1. The maximum absolute atomic E-state index is 10.5. The van der Waals surface area contributed by atoms with Gasteiger partial charge in [-0.3, -0.25) is 4.90 Å². The summed E-state index contributed by atoms with van der Waals surface area (Å²) in [6.07, 6.45) is 0.00896. The van der Waals surface area contributed by atoms with Crippen LogP contribution in [0.5, 0.6) is 0 Å². The van der Waals surface area contributed by atoms with Gasteiger partial charge in [0.2, 0.25) is 0 Å². The van der Waals surface area contributed by atoms with Crippen LogP contribution in [0.1, 0.15) is 12.0 Å². The second kappa shape index (κ2) is 6.54. The van der Waals surface area contributed by atoms with E-state index in [1.165, 1.54) is 5.56 Å². The molecule has 1 aliphatic heterocycles. The van der Waals surface area contributed by atoms with Gasteiger partial charge in [0.15, 0.2) is 0 Å². The molecule has 0 bridgehead atoms. The molecule has 1 aliphatic rings. The van der Waals surface area contributed by atoms with Crippen molar-refractivity contribution in [3.63, 3.8) is 0 Å². The van der Waals surface area contributed by atoms with Crippen LogP contribution in [0.4, 0.5) is 4.79 Å². The van der Waals surface area contributed by atoms with Crippen LogP contribution in [-0.2, 0) is 6.54 Å². The van der Waals surface area contributed by atoms with Crippen LogP contribution in [0.3, 0.4) is 0 Å². The number of carboxylic acid groups (broad SMARTS) is 1. The lowest BCUT2D eigenvalue weighted by atomic mass is 10.1. The zero-order valence-corrected chi connectivity index (χ0v) is 11.0. The molecule has 5 nitrogen and oxygen atoms in total. The zero-order chi connectivity index (χ0) is 13.7. The van der Waals surface area contributed by atoms with Crippen LogP contribution >= 0.6 is 0 Å². The molecule has 2 rings (SSSR count). The lowest BCUT2D eigenvalue weighted by molar-refractivity contribution is 0.192. The summed E-state index contributed by atoms with van der Waals surface area (Å²) in [5.74, 6) is 0.355. The molecule has 0 saturated carbocycles. The van der Waals surface area contributed by atoms with Gasteiger partial charge in [-0.15, -0.1) is 0 Å². The molecule has 0 unspecified atom stereocenters. The van der Waals surface area contributed by atoms with Gasteiger partial charge in [0.25, 0.3) is 0 Å². The molecule has 1 heterocycles.